The van der Waals surface area contributed by atoms with Crippen LogP contribution in [0.15, 0.2) is 42.5 Å². The third kappa shape index (κ3) is 3.60. The van der Waals surface area contributed by atoms with Crippen molar-refractivity contribution in [2.75, 3.05) is 5.32 Å². The number of benzene rings is 2. The van der Waals surface area contributed by atoms with Crippen LogP contribution in [0.1, 0.15) is 36.6 Å². The van der Waals surface area contributed by atoms with E-state index in [1.54, 1.807) is 12.1 Å². The predicted octanol–water partition coefficient (Wildman–Crippen LogP) is 4.64. The summed E-state index contributed by atoms with van der Waals surface area (Å²) in [5.41, 5.74) is 4.38. The third-order valence-electron chi connectivity index (χ3n) is 3.69. The van der Waals surface area contributed by atoms with Gasteiger partial charge in [-0.3, -0.25) is 10.1 Å². The summed E-state index contributed by atoms with van der Waals surface area (Å²) in [6.07, 6.45) is 1.02. The molecule has 0 aromatic heterocycles. The maximum atomic E-state index is 10.9. The van der Waals surface area contributed by atoms with Crippen LogP contribution in [0.5, 0.6) is 0 Å². The molecule has 0 aliphatic heterocycles. The normalized spacial score (nSPS) is 12.0. The second-order valence-corrected chi connectivity index (χ2v) is 5.22. The van der Waals surface area contributed by atoms with Crippen molar-refractivity contribution in [2.45, 2.75) is 33.2 Å². The van der Waals surface area contributed by atoms with Crippen molar-refractivity contribution in [3.05, 3.63) is 69.3 Å². The van der Waals surface area contributed by atoms with Crippen molar-refractivity contribution in [3.8, 4) is 0 Å². The Bertz CT molecular complexity index is 636. The largest absolute Gasteiger partial charge is 0.378 e. The summed E-state index contributed by atoms with van der Waals surface area (Å²) in [6.45, 7) is 6.13. The number of nitrogens with one attached hydrogen (secondary N) is 1. The Morgan fingerprint density at radius 1 is 1.19 bits per heavy atom. The molecule has 2 rings (SSSR count). The number of hydrogen-bond acceptors (Lipinski definition) is 3. The van der Waals surface area contributed by atoms with Crippen LogP contribution in [0, 0.1) is 17.0 Å². The Morgan fingerprint density at radius 2 is 1.86 bits per heavy atom. The molecule has 0 saturated heterocycles. The Morgan fingerprint density at radius 3 is 2.43 bits per heavy atom. The second kappa shape index (κ2) is 6.39. The van der Waals surface area contributed by atoms with Crippen molar-refractivity contribution in [2.24, 2.45) is 0 Å². The minimum atomic E-state index is -0.370. The molecule has 1 N–H and O–H groups in total. The van der Waals surface area contributed by atoms with Gasteiger partial charge in [-0.25, -0.2) is 0 Å². The molecule has 0 spiro atoms. The quantitative estimate of drug-likeness (QED) is 0.643. The van der Waals surface area contributed by atoms with Crippen LogP contribution >= 0.6 is 0 Å². The summed E-state index contributed by atoms with van der Waals surface area (Å²) in [6, 6.07) is 13.4. The average Bonchev–Trinajstić information content (AvgIpc) is 2.49. The van der Waals surface area contributed by atoms with Gasteiger partial charge in [0.2, 0.25) is 0 Å². The van der Waals surface area contributed by atoms with Gasteiger partial charge in [-0.2, -0.15) is 0 Å². The second-order valence-electron chi connectivity index (χ2n) is 5.22. The van der Waals surface area contributed by atoms with Crippen LogP contribution in [-0.2, 0) is 6.42 Å². The van der Waals surface area contributed by atoms with E-state index in [4.69, 9.17) is 0 Å². The first kappa shape index (κ1) is 15.0. The van der Waals surface area contributed by atoms with Crippen molar-refractivity contribution in [1.82, 2.24) is 0 Å². The Balaban J connectivity index is 2.19. The molecule has 0 heterocycles. The van der Waals surface area contributed by atoms with Gasteiger partial charge in [-0.05, 0) is 37.0 Å². The van der Waals surface area contributed by atoms with E-state index in [9.17, 15) is 10.1 Å². The Kier molecular flexibility index (Phi) is 4.58. The van der Waals surface area contributed by atoms with Crippen molar-refractivity contribution in [3.63, 3.8) is 0 Å². The fourth-order valence-corrected chi connectivity index (χ4v) is 2.24. The third-order valence-corrected chi connectivity index (χ3v) is 3.69. The molecule has 0 radical (unpaired) electrons. The number of non-ortho nitro benzene ring substituents is 1. The van der Waals surface area contributed by atoms with Crippen LogP contribution in [0.4, 0.5) is 11.4 Å². The smallest absolute Gasteiger partial charge is 0.271 e. The van der Waals surface area contributed by atoms with Gasteiger partial charge in [0.15, 0.2) is 0 Å². The van der Waals surface area contributed by atoms with Crippen LogP contribution in [-0.4, -0.2) is 4.92 Å². The average molecular weight is 284 g/mol. The maximum Gasteiger partial charge on any atom is 0.271 e. The summed E-state index contributed by atoms with van der Waals surface area (Å²) in [7, 11) is 0. The monoisotopic (exact) mass is 284 g/mol. The van der Waals surface area contributed by atoms with Crippen LogP contribution < -0.4 is 5.32 Å². The molecule has 0 bridgehead atoms. The lowest BCUT2D eigenvalue weighted by Gasteiger charge is -2.17. The summed E-state index contributed by atoms with van der Waals surface area (Å²) in [4.78, 5) is 10.5. The highest BCUT2D eigenvalue weighted by Crippen LogP contribution is 2.26. The number of hydrogen-bond donors (Lipinski definition) is 1. The van der Waals surface area contributed by atoms with Gasteiger partial charge in [-0.15, -0.1) is 0 Å². The minimum absolute atomic E-state index is 0.0941. The van der Waals surface area contributed by atoms with Gasteiger partial charge < -0.3 is 5.32 Å². The maximum absolute atomic E-state index is 10.9. The predicted molar refractivity (Wildman–Crippen MR) is 85.7 cm³/mol. The first-order valence-corrected chi connectivity index (χ1v) is 7.11. The van der Waals surface area contributed by atoms with Gasteiger partial charge >= 0.3 is 0 Å². The number of rotatable bonds is 5. The molecule has 0 aliphatic rings. The molecule has 2 aromatic rings. The zero-order chi connectivity index (χ0) is 15.4. The van der Waals surface area contributed by atoms with Gasteiger partial charge in [0.05, 0.1) is 4.92 Å². The lowest BCUT2D eigenvalue weighted by Crippen LogP contribution is -2.08. The molecule has 2 aromatic carbocycles. The molecular formula is C17H20N2O2. The molecule has 0 saturated carbocycles. The first-order valence-electron chi connectivity index (χ1n) is 7.11. The molecule has 21 heavy (non-hydrogen) atoms. The van der Waals surface area contributed by atoms with Crippen LogP contribution in [0.25, 0.3) is 0 Å². The fourth-order valence-electron chi connectivity index (χ4n) is 2.24. The SMILES string of the molecule is CCc1ccc(C(C)Nc2cc([N+](=O)[O-])ccc2C)cc1. The zero-order valence-electron chi connectivity index (χ0n) is 12.6. The van der Waals surface area contributed by atoms with Crippen molar-refractivity contribution < 1.29 is 4.92 Å². The zero-order valence-corrected chi connectivity index (χ0v) is 12.6. The van der Waals surface area contributed by atoms with Gasteiger partial charge in [0.25, 0.3) is 5.69 Å². The summed E-state index contributed by atoms with van der Waals surface area (Å²) in [5, 5.41) is 14.2. The van der Waals surface area contributed by atoms with E-state index in [2.05, 4.69) is 43.4 Å². The number of anilines is 1. The molecule has 1 unspecified atom stereocenters. The molecule has 1 atom stereocenters. The van der Waals surface area contributed by atoms with E-state index in [0.29, 0.717) is 0 Å². The van der Waals surface area contributed by atoms with Crippen LogP contribution in [0.2, 0.25) is 0 Å². The molecule has 4 heteroatoms. The van der Waals surface area contributed by atoms with E-state index >= 15 is 0 Å². The number of aryl methyl sites for hydroxylation is 2. The number of nitro groups is 1. The number of nitrogens with zero attached hydrogens (tertiary/aromatic N) is 1. The van der Waals surface area contributed by atoms with E-state index in [-0.39, 0.29) is 16.7 Å². The highest BCUT2D eigenvalue weighted by Gasteiger charge is 2.11. The highest BCUT2D eigenvalue weighted by atomic mass is 16.6. The Labute approximate surface area is 125 Å². The van der Waals surface area contributed by atoms with E-state index < -0.39 is 0 Å². The van der Waals surface area contributed by atoms with Gasteiger partial charge in [0, 0.05) is 23.9 Å². The van der Waals surface area contributed by atoms with E-state index in [1.165, 1.54) is 11.6 Å². The standard InChI is InChI=1S/C17H20N2O2/c1-4-14-6-8-15(9-7-14)13(3)18-17-11-16(19(20)21)10-5-12(17)2/h5-11,13,18H,4H2,1-3H3. The number of nitro benzene ring substituents is 1. The molecule has 0 fully saturated rings. The summed E-state index contributed by atoms with van der Waals surface area (Å²) >= 11 is 0. The van der Waals surface area contributed by atoms with Crippen molar-refractivity contribution >= 4 is 11.4 Å². The fraction of sp³-hybridized carbons (Fsp3) is 0.294. The van der Waals surface area contributed by atoms with Crippen molar-refractivity contribution in [1.29, 1.82) is 0 Å². The van der Waals surface area contributed by atoms with Gasteiger partial charge in [-0.1, -0.05) is 37.3 Å². The highest BCUT2D eigenvalue weighted by molar-refractivity contribution is 5.57. The lowest BCUT2D eigenvalue weighted by atomic mass is 10.0. The van der Waals surface area contributed by atoms with E-state index in [0.717, 1.165) is 23.2 Å². The first-order chi connectivity index (χ1) is 10.0. The molecule has 0 aliphatic carbocycles. The van der Waals surface area contributed by atoms with E-state index in [1.807, 2.05) is 6.92 Å². The summed E-state index contributed by atoms with van der Waals surface area (Å²) in [5.74, 6) is 0. The Hall–Kier alpha value is -2.36. The molecule has 4 nitrogen and oxygen atoms in total. The topological polar surface area (TPSA) is 55.2 Å². The molecule has 0 amide bonds. The molecule has 110 valence electrons. The minimum Gasteiger partial charge on any atom is -0.378 e. The molecular weight excluding hydrogens is 264 g/mol. The van der Waals surface area contributed by atoms with Crippen LogP contribution in [0.3, 0.4) is 0 Å². The van der Waals surface area contributed by atoms with Gasteiger partial charge in [0.1, 0.15) is 0 Å². The summed E-state index contributed by atoms with van der Waals surface area (Å²) < 4.78 is 0. The lowest BCUT2D eigenvalue weighted by molar-refractivity contribution is -0.384.